The first-order valence-electron chi connectivity index (χ1n) is 5.99. The molecular formula is C13H15F3O3. The highest BCUT2D eigenvalue weighted by molar-refractivity contribution is 5.38. The third-order valence-corrected chi connectivity index (χ3v) is 3.16. The Morgan fingerprint density at radius 2 is 2.05 bits per heavy atom. The quantitative estimate of drug-likeness (QED) is 0.902. The van der Waals surface area contributed by atoms with Crippen molar-refractivity contribution < 1.29 is 27.8 Å². The fourth-order valence-corrected chi connectivity index (χ4v) is 2.37. The number of benzene rings is 1. The van der Waals surface area contributed by atoms with Crippen molar-refractivity contribution in [2.45, 2.75) is 37.8 Å². The average molecular weight is 276 g/mol. The standard InChI is InChI=1S/C13H15F3O3/c1-9-8-12(17,6-7-18-9)10-4-2-3-5-11(10)19-13(14,15)16/h2-5,9,17H,6-8H2,1H3. The zero-order chi connectivity index (χ0) is 14.1. The van der Waals surface area contributed by atoms with Crippen molar-refractivity contribution in [1.29, 1.82) is 0 Å². The summed E-state index contributed by atoms with van der Waals surface area (Å²) < 4.78 is 46.4. The van der Waals surface area contributed by atoms with Gasteiger partial charge in [0, 0.05) is 18.4 Å². The van der Waals surface area contributed by atoms with Gasteiger partial charge in [-0.2, -0.15) is 0 Å². The second kappa shape index (κ2) is 5.02. The van der Waals surface area contributed by atoms with Gasteiger partial charge >= 0.3 is 6.36 Å². The Morgan fingerprint density at radius 3 is 2.68 bits per heavy atom. The molecule has 1 aromatic rings. The molecule has 1 N–H and O–H groups in total. The number of aliphatic hydroxyl groups is 1. The van der Waals surface area contributed by atoms with E-state index in [1.807, 2.05) is 0 Å². The summed E-state index contributed by atoms with van der Waals surface area (Å²) in [6, 6.07) is 5.69. The molecule has 1 heterocycles. The Bertz CT molecular complexity index is 447. The highest BCUT2D eigenvalue weighted by atomic mass is 19.4. The molecule has 0 radical (unpaired) electrons. The molecule has 106 valence electrons. The second-order valence-corrected chi connectivity index (χ2v) is 4.71. The van der Waals surface area contributed by atoms with Gasteiger partial charge in [-0.05, 0) is 13.0 Å². The number of hydrogen-bond acceptors (Lipinski definition) is 3. The molecule has 0 bridgehead atoms. The van der Waals surface area contributed by atoms with Crippen LogP contribution >= 0.6 is 0 Å². The molecule has 1 aromatic carbocycles. The fraction of sp³-hybridized carbons (Fsp3) is 0.538. The van der Waals surface area contributed by atoms with Crippen LogP contribution in [0.4, 0.5) is 13.2 Å². The molecule has 6 heteroatoms. The van der Waals surface area contributed by atoms with E-state index in [0.29, 0.717) is 6.61 Å². The summed E-state index contributed by atoms with van der Waals surface area (Å²) in [6.07, 6.45) is -4.50. The summed E-state index contributed by atoms with van der Waals surface area (Å²) >= 11 is 0. The van der Waals surface area contributed by atoms with Gasteiger partial charge in [0.05, 0.1) is 18.3 Å². The van der Waals surface area contributed by atoms with E-state index in [1.165, 1.54) is 18.2 Å². The van der Waals surface area contributed by atoms with Gasteiger partial charge < -0.3 is 14.6 Å². The van der Waals surface area contributed by atoms with Gasteiger partial charge in [0.1, 0.15) is 5.75 Å². The Morgan fingerprint density at radius 1 is 1.37 bits per heavy atom. The SMILES string of the molecule is CC1CC(O)(c2ccccc2OC(F)(F)F)CCO1. The summed E-state index contributed by atoms with van der Waals surface area (Å²) in [4.78, 5) is 0. The molecule has 0 aliphatic carbocycles. The Kier molecular flexibility index (Phi) is 3.73. The number of para-hydroxylation sites is 1. The van der Waals surface area contributed by atoms with Crippen LogP contribution in [0, 0.1) is 0 Å². The molecule has 0 saturated carbocycles. The molecule has 2 rings (SSSR count). The highest BCUT2D eigenvalue weighted by Gasteiger charge is 2.40. The number of halogens is 3. The normalized spacial score (nSPS) is 28.2. The Balaban J connectivity index is 2.33. The maximum Gasteiger partial charge on any atom is 0.573 e. The predicted molar refractivity (Wildman–Crippen MR) is 61.7 cm³/mol. The lowest BCUT2D eigenvalue weighted by atomic mass is 9.83. The third-order valence-electron chi connectivity index (χ3n) is 3.16. The summed E-state index contributed by atoms with van der Waals surface area (Å²) in [7, 11) is 0. The smallest absolute Gasteiger partial charge is 0.405 e. The number of alkyl halides is 3. The monoisotopic (exact) mass is 276 g/mol. The van der Waals surface area contributed by atoms with Crippen LogP contribution in [-0.4, -0.2) is 24.2 Å². The molecule has 1 saturated heterocycles. The lowest BCUT2D eigenvalue weighted by Gasteiger charge is -2.36. The molecule has 1 aliphatic heterocycles. The van der Waals surface area contributed by atoms with Gasteiger partial charge in [-0.1, -0.05) is 18.2 Å². The fourth-order valence-electron chi connectivity index (χ4n) is 2.37. The molecule has 2 unspecified atom stereocenters. The van der Waals surface area contributed by atoms with Crippen molar-refractivity contribution in [2.24, 2.45) is 0 Å². The Hall–Kier alpha value is -1.27. The Labute approximate surface area is 108 Å². The molecule has 2 atom stereocenters. The maximum absolute atomic E-state index is 12.4. The summed E-state index contributed by atoms with van der Waals surface area (Å²) in [6.45, 7) is 2.08. The van der Waals surface area contributed by atoms with Crippen LogP contribution in [0.1, 0.15) is 25.3 Å². The van der Waals surface area contributed by atoms with E-state index in [1.54, 1.807) is 13.0 Å². The van der Waals surface area contributed by atoms with Gasteiger partial charge in [0.2, 0.25) is 0 Å². The van der Waals surface area contributed by atoms with Gasteiger partial charge in [0.15, 0.2) is 0 Å². The van der Waals surface area contributed by atoms with Crippen LogP contribution in [0.25, 0.3) is 0 Å². The number of rotatable bonds is 2. The highest BCUT2D eigenvalue weighted by Crippen LogP contribution is 2.40. The van der Waals surface area contributed by atoms with Crippen LogP contribution < -0.4 is 4.74 Å². The van der Waals surface area contributed by atoms with E-state index in [9.17, 15) is 18.3 Å². The van der Waals surface area contributed by atoms with Gasteiger partial charge in [-0.15, -0.1) is 13.2 Å². The minimum absolute atomic E-state index is 0.155. The summed E-state index contributed by atoms with van der Waals surface area (Å²) in [5, 5.41) is 10.6. The van der Waals surface area contributed by atoms with Crippen LogP contribution in [0.2, 0.25) is 0 Å². The molecule has 1 fully saturated rings. The van der Waals surface area contributed by atoms with Crippen molar-refractivity contribution >= 4 is 0 Å². The number of ether oxygens (including phenoxy) is 2. The second-order valence-electron chi connectivity index (χ2n) is 4.71. The topological polar surface area (TPSA) is 38.7 Å². The molecular weight excluding hydrogens is 261 g/mol. The third kappa shape index (κ3) is 3.39. The summed E-state index contributed by atoms with van der Waals surface area (Å²) in [5.41, 5.74) is -1.19. The van der Waals surface area contributed by atoms with Crippen LogP contribution in [0.15, 0.2) is 24.3 Å². The molecule has 1 aliphatic rings. The zero-order valence-corrected chi connectivity index (χ0v) is 10.4. The number of hydrogen-bond donors (Lipinski definition) is 1. The molecule has 0 spiro atoms. The largest absolute Gasteiger partial charge is 0.573 e. The molecule has 0 aromatic heterocycles. The van der Waals surface area contributed by atoms with Crippen molar-refractivity contribution in [3.63, 3.8) is 0 Å². The first-order valence-corrected chi connectivity index (χ1v) is 5.99. The van der Waals surface area contributed by atoms with Crippen molar-refractivity contribution in [2.75, 3.05) is 6.61 Å². The van der Waals surface area contributed by atoms with Crippen LogP contribution in [-0.2, 0) is 10.3 Å². The minimum Gasteiger partial charge on any atom is -0.405 e. The van der Waals surface area contributed by atoms with E-state index in [4.69, 9.17) is 4.74 Å². The van der Waals surface area contributed by atoms with Gasteiger partial charge in [-0.3, -0.25) is 0 Å². The van der Waals surface area contributed by atoms with Crippen LogP contribution in [0.5, 0.6) is 5.75 Å². The predicted octanol–water partition coefficient (Wildman–Crippen LogP) is 2.97. The lowest BCUT2D eigenvalue weighted by Crippen LogP contribution is -2.38. The maximum atomic E-state index is 12.4. The molecule has 19 heavy (non-hydrogen) atoms. The first kappa shape index (κ1) is 14.1. The summed E-state index contributed by atoms with van der Waals surface area (Å²) in [5.74, 6) is -0.355. The average Bonchev–Trinajstić information content (AvgIpc) is 2.27. The first-order chi connectivity index (χ1) is 8.80. The molecule has 0 amide bonds. The lowest BCUT2D eigenvalue weighted by molar-refractivity contribution is -0.275. The van der Waals surface area contributed by atoms with Gasteiger partial charge in [0.25, 0.3) is 0 Å². The van der Waals surface area contributed by atoms with Crippen molar-refractivity contribution in [1.82, 2.24) is 0 Å². The van der Waals surface area contributed by atoms with E-state index in [0.717, 1.165) is 0 Å². The van der Waals surface area contributed by atoms with Crippen molar-refractivity contribution in [3.8, 4) is 5.75 Å². The van der Waals surface area contributed by atoms with Gasteiger partial charge in [-0.25, -0.2) is 0 Å². The molecule has 3 nitrogen and oxygen atoms in total. The van der Waals surface area contributed by atoms with E-state index in [-0.39, 0.29) is 30.3 Å². The van der Waals surface area contributed by atoms with E-state index in [2.05, 4.69) is 4.74 Å². The zero-order valence-electron chi connectivity index (χ0n) is 10.4. The van der Waals surface area contributed by atoms with E-state index >= 15 is 0 Å². The van der Waals surface area contributed by atoms with Crippen molar-refractivity contribution in [3.05, 3.63) is 29.8 Å². The van der Waals surface area contributed by atoms with E-state index < -0.39 is 12.0 Å². The minimum atomic E-state index is -4.77. The van der Waals surface area contributed by atoms with Crippen LogP contribution in [0.3, 0.4) is 0 Å².